The maximum atomic E-state index is 12.7. The Morgan fingerprint density at radius 1 is 1.17 bits per heavy atom. The molecule has 1 aliphatic rings. The fraction of sp³-hybridized carbons (Fsp3) is 0.353. The van der Waals surface area contributed by atoms with Crippen LogP contribution in [0, 0.1) is 0 Å². The van der Waals surface area contributed by atoms with Gasteiger partial charge in [-0.2, -0.15) is 0 Å². The van der Waals surface area contributed by atoms with E-state index in [1.54, 1.807) is 17.5 Å². The SMILES string of the molecule is CC(c1nccs1)N1CCN(C(=O)c2ccc3nccn3c2)CC1. The average molecular weight is 341 g/mol. The molecule has 0 spiro atoms. The van der Waals surface area contributed by atoms with Crippen molar-refractivity contribution in [1.82, 2.24) is 24.2 Å². The molecule has 7 heteroatoms. The van der Waals surface area contributed by atoms with Crippen molar-refractivity contribution in [1.29, 1.82) is 0 Å². The zero-order valence-corrected chi connectivity index (χ0v) is 14.3. The molecule has 0 aliphatic carbocycles. The first-order chi connectivity index (χ1) is 11.7. The van der Waals surface area contributed by atoms with Gasteiger partial charge in [-0.25, -0.2) is 9.97 Å². The van der Waals surface area contributed by atoms with Crippen LogP contribution in [-0.2, 0) is 0 Å². The molecule has 1 saturated heterocycles. The summed E-state index contributed by atoms with van der Waals surface area (Å²) in [6.45, 7) is 5.43. The minimum absolute atomic E-state index is 0.0900. The number of aromatic nitrogens is 3. The molecule has 0 saturated carbocycles. The van der Waals surface area contributed by atoms with Crippen LogP contribution >= 0.6 is 11.3 Å². The third kappa shape index (κ3) is 2.81. The predicted molar refractivity (Wildman–Crippen MR) is 93.2 cm³/mol. The quantitative estimate of drug-likeness (QED) is 0.734. The zero-order chi connectivity index (χ0) is 16.5. The van der Waals surface area contributed by atoms with E-state index in [2.05, 4.69) is 21.8 Å². The fourth-order valence-electron chi connectivity index (χ4n) is 3.14. The number of rotatable bonds is 3. The number of imidazole rings is 1. The average Bonchev–Trinajstić information content (AvgIpc) is 3.31. The first-order valence-corrected chi connectivity index (χ1v) is 8.96. The van der Waals surface area contributed by atoms with Gasteiger partial charge in [0.1, 0.15) is 10.7 Å². The van der Waals surface area contributed by atoms with E-state index in [-0.39, 0.29) is 5.91 Å². The third-order valence-electron chi connectivity index (χ3n) is 4.59. The van der Waals surface area contributed by atoms with Gasteiger partial charge in [0.05, 0.1) is 11.6 Å². The van der Waals surface area contributed by atoms with Crippen molar-refractivity contribution in [3.05, 3.63) is 52.9 Å². The Bertz CT molecular complexity index is 836. The van der Waals surface area contributed by atoms with Crippen molar-refractivity contribution < 1.29 is 4.79 Å². The molecule has 4 rings (SSSR count). The molecule has 24 heavy (non-hydrogen) atoms. The largest absolute Gasteiger partial charge is 0.336 e. The van der Waals surface area contributed by atoms with Gasteiger partial charge in [-0.05, 0) is 19.1 Å². The second-order valence-electron chi connectivity index (χ2n) is 5.98. The van der Waals surface area contributed by atoms with Crippen LogP contribution in [-0.4, -0.2) is 56.3 Å². The van der Waals surface area contributed by atoms with E-state index < -0.39 is 0 Å². The topological polar surface area (TPSA) is 53.7 Å². The molecular weight excluding hydrogens is 322 g/mol. The lowest BCUT2D eigenvalue weighted by atomic mass is 10.2. The maximum absolute atomic E-state index is 12.7. The van der Waals surface area contributed by atoms with Crippen molar-refractivity contribution in [3.63, 3.8) is 0 Å². The van der Waals surface area contributed by atoms with Crippen LogP contribution in [0.25, 0.3) is 5.65 Å². The summed E-state index contributed by atoms with van der Waals surface area (Å²) >= 11 is 1.69. The second kappa shape index (κ2) is 6.33. The molecule has 0 bridgehead atoms. The number of carbonyl (C=O) groups is 1. The van der Waals surface area contributed by atoms with Crippen molar-refractivity contribution in [3.8, 4) is 0 Å². The first-order valence-electron chi connectivity index (χ1n) is 8.08. The summed E-state index contributed by atoms with van der Waals surface area (Å²) in [5.74, 6) is 0.0900. The standard InChI is InChI=1S/C17H19N5OS/c1-13(16-19-5-11-24-16)20-7-9-21(10-8-20)17(23)14-2-3-15-18-4-6-22(15)12-14/h2-6,11-13H,7-10H2,1H3. The number of carbonyl (C=O) groups excluding carboxylic acids is 1. The molecule has 3 aromatic heterocycles. The molecule has 0 radical (unpaired) electrons. The van der Waals surface area contributed by atoms with E-state index in [9.17, 15) is 4.79 Å². The minimum Gasteiger partial charge on any atom is -0.336 e. The third-order valence-corrected chi connectivity index (χ3v) is 5.54. The smallest absolute Gasteiger partial charge is 0.255 e. The minimum atomic E-state index is 0.0900. The van der Waals surface area contributed by atoms with Crippen molar-refractivity contribution in [2.75, 3.05) is 26.2 Å². The van der Waals surface area contributed by atoms with E-state index in [0.29, 0.717) is 11.6 Å². The van der Waals surface area contributed by atoms with E-state index in [1.165, 1.54) is 0 Å². The number of fused-ring (bicyclic) bond motifs is 1. The van der Waals surface area contributed by atoms with Crippen LogP contribution in [0.5, 0.6) is 0 Å². The van der Waals surface area contributed by atoms with Gasteiger partial charge in [-0.15, -0.1) is 11.3 Å². The van der Waals surface area contributed by atoms with Gasteiger partial charge >= 0.3 is 0 Å². The molecule has 1 fully saturated rings. The Labute approximate surface area is 144 Å². The molecular formula is C17H19N5OS. The molecule has 4 heterocycles. The van der Waals surface area contributed by atoms with Crippen LogP contribution < -0.4 is 0 Å². The Morgan fingerprint density at radius 3 is 2.75 bits per heavy atom. The van der Waals surface area contributed by atoms with Gasteiger partial charge in [0, 0.05) is 56.3 Å². The summed E-state index contributed by atoms with van der Waals surface area (Å²) in [4.78, 5) is 25.7. The van der Waals surface area contributed by atoms with Gasteiger partial charge < -0.3 is 9.30 Å². The lowest BCUT2D eigenvalue weighted by Crippen LogP contribution is -2.49. The summed E-state index contributed by atoms with van der Waals surface area (Å²) in [5, 5.41) is 3.15. The molecule has 0 N–H and O–H groups in total. The summed E-state index contributed by atoms with van der Waals surface area (Å²) in [5.41, 5.74) is 1.57. The molecule has 1 aliphatic heterocycles. The number of pyridine rings is 1. The molecule has 124 valence electrons. The van der Waals surface area contributed by atoms with Gasteiger partial charge in [-0.1, -0.05) is 0 Å². The lowest BCUT2D eigenvalue weighted by molar-refractivity contribution is 0.0581. The number of piperazine rings is 1. The number of nitrogens with zero attached hydrogens (tertiary/aromatic N) is 5. The van der Waals surface area contributed by atoms with Crippen molar-refractivity contribution >= 4 is 22.9 Å². The first kappa shape index (κ1) is 15.3. The monoisotopic (exact) mass is 341 g/mol. The molecule has 1 amide bonds. The highest BCUT2D eigenvalue weighted by Crippen LogP contribution is 2.23. The highest BCUT2D eigenvalue weighted by Gasteiger charge is 2.26. The highest BCUT2D eigenvalue weighted by atomic mass is 32.1. The van der Waals surface area contributed by atoms with Crippen LogP contribution in [0.3, 0.4) is 0 Å². The van der Waals surface area contributed by atoms with Gasteiger partial charge in [0.15, 0.2) is 0 Å². The summed E-state index contributed by atoms with van der Waals surface area (Å²) < 4.78 is 1.88. The molecule has 6 nitrogen and oxygen atoms in total. The predicted octanol–water partition coefficient (Wildman–Crippen LogP) is 2.31. The van der Waals surface area contributed by atoms with Gasteiger partial charge in [0.25, 0.3) is 5.91 Å². The molecule has 1 atom stereocenters. The molecule has 3 aromatic rings. The number of thiazole rings is 1. The van der Waals surface area contributed by atoms with Crippen LogP contribution in [0.4, 0.5) is 0 Å². The van der Waals surface area contributed by atoms with E-state index in [4.69, 9.17) is 0 Å². The maximum Gasteiger partial charge on any atom is 0.255 e. The van der Waals surface area contributed by atoms with E-state index in [1.807, 2.05) is 45.4 Å². The van der Waals surface area contributed by atoms with Gasteiger partial charge in [-0.3, -0.25) is 9.69 Å². The van der Waals surface area contributed by atoms with Crippen molar-refractivity contribution in [2.24, 2.45) is 0 Å². The normalized spacial score (nSPS) is 17.3. The summed E-state index contributed by atoms with van der Waals surface area (Å²) in [6.07, 6.45) is 7.31. The highest BCUT2D eigenvalue weighted by molar-refractivity contribution is 7.09. The van der Waals surface area contributed by atoms with E-state index in [0.717, 1.165) is 36.8 Å². The van der Waals surface area contributed by atoms with Crippen LogP contribution in [0.1, 0.15) is 28.3 Å². The second-order valence-corrected chi connectivity index (χ2v) is 6.91. The Kier molecular flexibility index (Phi) is 4.03. The fourth-order valence-corrected chi connectivity index (χ4v) is 3.87. The number of amides is 1. The molecule has 1 unspecified atom stereocenters. The van der Waals surface area contributed by atoms with E-state index >= 15 is 0 Å². The van der Waals surface area contributed by atoms with Crippen LogP contribution in [0.2, 0.25) is 0 Å². The summed E-state index contributed by atoms with van der Waals surface area (Å²) in [6, 6.07) is 4.05. The molecule has 0 aromatic carbocycles. The van der Waals surface area contributed by atoms with Gasteiger partial charge in [0.2, 0.25) is 0 Å². The number of hydrogen-bond acceptors (Lipinski definition) is 5. The Morgan fingerprint density at radius 2 is 2.00 bits per heavy atom. The van der Waals surface area contributed by atoms with Crippen LogP contribution in [0.15, 0.2) is 42.3 Å². The lowest BCUT2D eigenvalue weighted by Gasteiger charge is -2.37. The Hall–Kier alpha value is -2.25. The summed E-state index contributed by atoms with van der Waals surface area (Å²) in [7, 11) is 0. The zero-order valence-electron chi connectivity index (χ0n) is 13.5. The Balaban J connectivity index is 1.42. The van der Waals surface area contributed by atoms with Crippen molar-refractivity contribution in [2.45, 2.75) is 13.0 Å². The number of hydrogen-bond donors (Lipinski definition) is 0.